The maximum absolute atomic E-state index is 13.0. The van der Waals surface area contributed by atoms with Crippen LogP contribution in [0.2, 0.25) is 0 Å². The molecule has 28 heavy (non-hydrogen) atoms. The number of piperidine rings is 1. The predicted molar refractivity (Wildman–Crippen MR) is 104 cm³/mol. The van der Waals surface area contributed by atoms with Crippen molar-refractivity contribution in [2.45, 2.75) is 31.7 Å². The fraction of sp³-hybridized carbons (Fsp3) is 0.318. The molecule has 0 N–H and O–H groups in total. The number of carbonyl (C=O) groups excluding carboxylic acids is 1. The van der Waals surface area contributed by atoms with Crippen molar-refractivity contribution < 1.29 is 13.9 Å². The van der Waals surface area contributed by atoms with Crippen LogP contribution in [0, 0.1) is 0 Å². The molecule has 0 radical (unpaired) electrons. The van der Waals surface area contributed by atoms with E-state index in [-0.39, 0.29) is 11.9 Å². The highest BCUT2D eigenvalue weighted by atomic mass is 16.5. The smallest absolute Gasteiger partial charge is 0.256 e. The number of oxazole rings is 1. The number of rotatable bonds is 5. The van der Waals surface area contributed by atoms with Crippen LogP contribution in [0.25, 0.3) is 0 Å². The summed E-state index contributed by atoms with van der Waals surface area (Å²) in [5, 5.41) is 0. The Bertz CT molecular complexity index is 939. The number of nitrogens with zero attached hydrogens (tertiary/aromatic N) is 3. The van der Waals surface area contributed by atoms with Crippen LogP contribution in [-0.4, -0.2) is 34.4 Å². The van der Waals surface area contributed by atoms with Crippen LogP contribution in [0.15, 0.2) is 59.4 Å². The summed E-state index contributed by atoms with van der Waals surface area (Å²) in [4.78, 5) is 23.4. The van der Waals surface area contributed by atoms with Gasteiger partial charge < -0.3 is 14.1 Å². The van der Waals surface area contributed by atoms with E-state index in [1.54, 1.807) is 37.8 Å². The van der Waals surface area contributed by atoms with Crippen LogP contribution < -0.4 is 4.74 Å². The van der Waals surface area contributed by atoms with Gasteiger partial charge in [-0.15, -0.1) is 0 Å². The van der Waals surface area contributed by atoms with Gasteiger partial charge in [0.15, 0.2) is 0 Å². The Hall–Kier alpha value is -3.15. The third kappa shape index (κ3) is 3.91. The van der Waals surface area contributed by atoms with Crippen molar-refractivity contribution in [1.29, 1.82) is 0 Å². The van der Waals surface area contributed by atoms with Crippen LogP contribution in [0.1, 0.15) is 52.9 Å². The van der Waals surface area contributed by atoms with Crippen LogP contribution in [0.3, 0.4) is 0 Å². The van der Waals surface area contributed by atoms with Gasteiger partial charge in [-0.3, -0.25) is 9.78 Å². The highest BCUT2D eigenvalue weighted by molar-refractivity contribution is 5.94. The van der Waals surface area contributed by atoms with Gasteiger partial charge in [0.05, 0.1) is 18.9 Å². The second kappa shape index (κ2) is 8.25. The maximum atomic E-state index is 13.0. The van der Waals surface area contributed by atoms with E-state index < -0.39 is 0 Å². The van der Waals surface area contributed by atoms with E-state index in [0.717, 1.165) is 36.3 Å². The highest BCUT2D eigenvalue weighted by Gasteiger charge is 2.32. The van der Waals surface area contributed by atoms with Gasteiger partial charge >= 0.3 is 0 Å². The van der Waals surface area contributed by atoms with Crippen molar-refractivity contribution >= 4 is 5.91 Å². The number of benzene rings is 1. The number of hydrogen-bond acceptors (Lipinski definition) is 5. The fourth-order valence-electron chi connectivity index (χ4n) is 3.63. The first kappa shape index (κ1) is 18.2. The molecule has 1 atom stereocenters. The minimum Gasteiger partial charge on any atom is -0.497 e. The van der Waals surface area contributed by atoms with Crippen molar-refractivity contribution in [2.75, 3.05) is 13.7 Å². The molecule has 1 saturated heterocycles. The van der Waals surface area contributed by atoms with Gasteiger partial charge in [-0.05, 0) is 49.1 Å². The molecule has 144 valence electrons. The molecule has 1 fully saturated rings. The second-order valence-corrected chi connectivity index (χ2v) is 6.94. The maximum Gasteiger partial charge on any atom is 0.256 e. The largest absolute Gasteiger partial charge is 0.497 e. The van der Waals surface area contributed by atoms with Gasteiger partial charge in [0.25, 0.3) is 5.91 Å². The number of methoxy groups -OCH3 is 1. The number of carbonyl (C=O) groups is 1. The monoisotopic (exact) mass is 377 g/mol. The average Bonchev–Trinajstić information content (AvgIpc) is 3.22. The number of hydrogen-bond donors (Lipinski definition) is 0. The number of pyridine rings is 1. The molecule has 0 unspecified atom stereocenters. The standard InChI is InChI=1S/C22H23N3O3/c1-27-18-8-4-6-16(12-18)13-19-15-24-21(28-19)20-9-2-3-11-25(20)22(26)17-7-5-10-23-14-17/h4-8,10,12,14-15,20H,2-3,9,11,13H2,1H3/t20-/m1/s1. The van der Waals surface area contributed by atoms with Crippen molar-refractivity contribution in [3.05, 3.63) is 77.8 Å². The van der Waals surface area contributed by atoms with Gasteiger partial charge in [0.2, 0.25) is 5.89 Å². The zero-order chi connectivity index (χ0) is 19.3. The summed E-state index contributed by atoms with van der Waals surface area (Å²) < 4.78 is 11.3. The molecule has 6 nitrogen and oxygen atoms in total. The van der Waals surface area contributed by atoms with E-state index in [2.05, 4.69) is 9.97 Å². The molecular weight excluding hydrogens is 354 g/mol. The third-order valence-electron chi connectivity index (χ3n) is 5.04. The first-order chi connectivity index (χ1) is 13.7. The molecule has 2 aromatic heterocycles. The lowest BCUT2D eigenvalue weighted by molar-refractivity contribution is 0.0569. The Morgan fingerprint density at radius 1 is 1.25 bits per heavy atom. The Labute approximate surface area is 164 Å². The number of amides is 1. The van der Waals surface area contributed by atoms with Crippen molar-refractivity contribution in [3.63, 3.8) is 0 Å². The molecular formula is C22H23N3O3. The van der Waals surface area contributed by atoms with E-state index in [1.165, 1.54) is 0 Å². The first-order valence-corrected chi connectivity index (χ1v) is 9.53. The molecule has 1 amide bonds. The van der Waals surface area contributed by atoms with E-state index in [9.17, 15) is 4.79 Å². The minimum absolute atomic E-state index is 0.0228. The van der Waals surface area contributed by atoms with Crippen LogP contribution in [0.5, 0.6) is 5.75 Å². The van der Waals surface area contributed by atoms with Gasteiger partial charge in [0.1, 0.15) is 17.6 Å². The zero-order valence-electron chi connectivity index (χ0n) is 15.9. The normalized spacial score (nSPS) is 16.8. The molecule has 0 bridgehead atoms. The number of ether oxygens (including phenoxy) is 1. The third-order valence-corrected chi connectivity index (χ3v) is 5.04. The summed E-state index contributed by atoms with van der Waals surface area (Å²) in [6, 6.07) is 11.3. The van der Waals surface area contributed by atoms with Crippen LogP contribution in [0.4, 0.5) is 0 Å². The fourth-order valence-corrected chi connectivity index (χ4v) is 3.63. The molecule has 1 aliphatic rings. The number of aromatic nitrogens is 2. The lowest BCUT2D eigenvalue weighted by atomic mass is 10.0. The summed E-state index contributed by atoms with van der Waals surface area (Å²) in [6.07, 6.45) is 8.56. The quantitative estimate of drug-likeness (QED) is 0.671. The SMILES string of the molecule is COc1cccc(Cc2cnc([C@H]3CCCCN3C(=O)c3cccnc3)o2)c1. The lowest BCUT2D eigenvalue weighted by Gasteiger charge is -2.33. The van der Waals surface area contributed by atoms with Gasteiger partial charge in [-0.2, -0.15) is 0 Å². The highest BCUT2D eigenvalue weighted by Crippen LogP contribution is 2.32. The van der Waals surface area contributed by atoms with Crippen LogP contribution >= 0.6 is 0 Å². The summed E-state index contributed by atoms with van der Waals surface area (Å²) in [7, 11) is 1.66. The Morgan fingerprint density at radius 3 is 3.00 bits per heavy atom. The summed E-state index contributed by atoms with van der Waals surface area (Å²) >= 11 is 0. The predicted octanol–water partition coefficient (Wildman–Crippen LogP) is 4.04. The summed E-state index contributed by atoms with van der Waals surface area (Å²) in [6.45, 7) is 0.700. The molecule has 0 aliphatic carbocycles. The van der Waals surface area contributed by atoms with Crippen molar-refractivity contribution in [1.82, 2.24) is 14.9 Å². The Kier molecular flexibility index (Phi) is 5.37. The van der Waals surface area contributed by atoms with Crippen molar-refractivity contribution in [2.24, 2.45) is 0 Å². The Balaban J connectivity index is 1.53. The topological polar surface area (TPSA) is 68.5 Å². The van der Waals surface area contributed by atoms with Crippen molar-refractivity contribution in [3.8, 4) is 5.75 Å². The molecule has 0 saturated carbocycles. The summed E-state index contributed by atoms with van der Waals surface area (Å²) in [5.41, 5.74) is 1.69. The van der Waals surface area contributed by atoms with Gasteiger partial charge in [-0.1, -0.05) is 12.1 Å². The molecule has 3 heterocycles. The zero-order valence-corrected chi connectivity index (χ0v) is 15.9. The summed E-state index contributed by atoms with van der Waals surface area (Å²) in [5.74, 6) is 2.18. The first-order valence-electron chi connectivity index (χ1n) is 9.53. The van der Waals surface area contributed by atoms with Crippen LogP contribution in [-0.2, 0) is 6.42 Å². The molecule has 3 aromatic rings. The molecule has 1 aromatic carbocycles. The minimum atomic E-state index is -0.138. The van der Waals surface area contributed by atoms with E-state index in [4.69, 9.17) is 9.15 Å². The average molecular weight is 377 g/mol. The number of likely N-dealkylation sites (tertiary alicyclic amines) is 1. The Morgan fingerprint density at radius 2 is 2.18 bits per heavy atom. The lowest BCUT2D eigenvalue weighted by Crippen LogP contribution is -2.38. The molecule has 1 aliphatic heterocycles. The second-order valence-electron chi connectivity index (χ2n) is 6.94. The van der Waals surface area contributed by atoms with E-state index >= 15 is 0 Å². The van der Waals surface area contributed by atoms with Gasteiger partial charge in [-0.25, -0.2) is 4.98 Å². The van der Waals surface area contributed by atoms with E-state index in [0.29, 0.717) is 24.4 Å². The molecule has 4 rings (SSSR count). The van der Waals surface area contributed by atoms with E-state index in [1.807, 2.05) is 29.2 Å². The van der Waals surface area contributed by atoms with Gasteiger partial charge in [0, 0.05) is 25.4 Å². The molecule has 6 heteroatoms. The molecule has 0 spiro atoms.